The zero-order valence-electron chi connectivity index (χ0n) is 11.7. The predicted molar refractivity (Wildman–Crippen MR) is 79.2 cm³/mol. The standard InChI is InChI=1S/C15H18ClNO4/c16-13-2-4-14(5-3-13)21-12-15(18)20-11-8-17-6-1-9-19-10-7-17/h2-5,7,10H,1,6,8-9,11-12H2. The quantitative estimate of drug-likeness (QED) is 0.755. The molecule has 1 aromatic rings. The van der Waals surface area contributed by atoms with Crippen LogP contribution in [0.1, 0.15) is 6.42 Å². The smallest absolute Gasteiger partial charge is 0.344 e. The van der Waals surface area contributed by atoms with Crippen LogP contribution in [0.5, 0.6) is 5.75 Å². The summed E-state index contributed by atoms with van der Waals surface area (Å²) >= 11 is 5.76. The summed E-state index contributed by atoms with van der Waals surface area (Å²) in [6, 6.07) is 6.82. The molecular formula is C15H18ClNO4. The Hall–Kier alpha value is -1.88. The number of carbonyl (C=O) groups is 1. The lowest BCUT2D eigenvalue weighted by atomic mass is 10.3. The highest BCUT2D eigenvalue weighted by atomic mass is 35.5. The highest BCUT2D eigenvalue weighted by Gasteiger charge is 2.07. The van der Waals surface area contributed by atoms with Crippen molar-refractivity contribution in [2.75, 3.05) is 32.9 Å². The fourth-order valence-corrected chi connectivity index (χ4v) is 1.93. The molecular weight excluding hydrogens is 294 g/mol. The Morgan fingerprint density at radius 2 is 2.14 bits per heavy atom. The molecule has 0 unspecified atom stereocenters. The van der Waals surface area contributed by atoms with Crippen molar-refractivity contribution in [3.8, 4) is 5.75 Å². The largest absolute Gasteiger partial charge is 0.500 e. The molecule has 6 heteroatoms. The zero-order chi connectivity index (χ0) is 14.9. The number of esters is 1. The first-order chi connectivity index (χ1) is 10.2. The van der Waals surface area contributed by atoms with E-state index in [1.165, 1.54) is 0 Å². The van der Waals surface area contributed by atoms with Crippen molar-refractivity contribution >= 4 is 17.6 Å². The molecule has 1 aliphatic heterocycles. The zero-order valence-corrected chi connectivity index (χ0v) is 12.4. The predicted octanol–water partition coefficient (Wildman–Crippen LogP) is 2.46. The van der Waals surface area contributed by atoms with Gasteiger partial charge in [-0.1, -0.05) is 11.6 Å². The van der Waals surface area contributed by atoms with E-state index in [2.05, 4.69) is 4.90 Å². The van der Waals surface area contributed by atoms with Crippen LogP contribution in [0.2, 0.25) is 5.02 Å². The number of rotatable bonds is 6. The fourth-order valence-electron chi connectivity index (χ4n) is 1.80. The van der Waals surface area contributed by atoms with E-state index in [-0.39, 0.29) is 12.6 Å². The molecule has 0 aromatic heterocycles. The van der Waals surface area contributed by atoms with E-state index in [1.54, 1.807) is 30.5 Å². The normalized spacial score (nSPS) is 14.2. The third kappa shape index (κ3) is 5.95. The molecule has 21 heavy (non-hydrogen) atoms. The van der Waals surface area contributed by atoms with Gasteiger partial charge in [-0.05, 0) is 30.7 Å². The molecule has 2 rings (SSSR count). The molecule has 0 fully saturated rings. The van der Waals surface area contributed by atoms with Gasteiger partial charge in [0.05, 0.1) is 19.4 Å². The highest BCUT2D eigenvalue weighted by Crippen LogP contribution is 2.15. The Kier molecular flexibility index (Phi) is 6.22. The van der Waals surface area contributed by atoms with Gasteiger partial charge in [0.1, 0.15) is 12.4 Å². The third-order valence-corrected chi connectivity index (χ3v) is 3.14. The average molecular weight is 312 g/mol. The molecule has 114 valence electrons. The fraction of sp³-hybridized carbons (Fsp3) is 0.400. The molecule has 0 N–H and O–H groups in total. The molecule has 0 amide bonds. The Morgan fingerprint density at radius 3 is 2.95 bits per heavy atom. The minimum atomic E-state index is -0.389. The number of hydrogen-bond acceptors (Lipinski definition) is 5. The Bertz CT molecular complexity index is 475. The summed E-state index contributed by atoms with van der Waals surface area (Å²) < 4.78 is 15.6. The molecule has 5 nitrogen and oxygen atoms in total. The Balaban J connectivity index is 1.62. The average Bonchev–Trinajstić information content (AvgIpc) is 2.75. The maximum atomic E-state index is 11.6. The van der Waals surface area contributed by atoms with Crippen LogP contribution in [0.3, 0.4) is 0 Å². The van der Waals surface area contributed by atoms with Crippen molar-refractivity contribution in [3.63, 3.8) is 0 Å². The van der Waals surface area contributed by atoms with Crippen molar-refractivity contribution in [1.82, 2.24) is 4.90 Å². The number of halogens is 1. The molecule has 0 aliphatic carbocycles. The van der Waals surface area contributed by atoms with E-state index in [9.17, 15) is 4.79 Å². The summed E-state index contributed by atoms with van der Waals surface area (Å²) in [6.45, 7) is 2.48. The van der Waals surface area contributed by atoms with Crippen LogP contribution in [0.15, 0.2) is 36.7 Å². The van der Waals surface area contributed by atoms with Gasteiger partial charge >= 0.3 is 5.97 Å². The lowest BCUT2D eigenvalue weighted by Crippen LogP contribution is -2.25. The number of benzene rings is 1. The topological polar surface area (TPSA) is 48.0 Å². The molecule has 0 atom stereocenters. The molecule has 0 radical (unpaired) electrons. The first-order valence-corrected chi connectivity index (χ1v) is 7.18. The molecule has 1 aliphatic rings. The summed E-state index contributed by atoms with van der Waals surface area (Å²) in [5.74, 6) is 0.198. The van der Waals surface area contributed by atoms with Crippen LogP contribution in [-0.2, 0) is 14.3 Å². The molecule has 1 heterocycles. The van der Waals surface area contributed by atoms with Gasteiger partial charge in [-0.15, -0.1) is 0 Å². The van der Waals surface area contributed by atoms with Gasteiger partial charge < -0.3 is 19.1 Å². The van der Waals surface area contributed by atoms with Crippen LogP contribution < -0.4 is 4.74 Å². The third-order valence-electron chi connectivity index (χ3n) is 2.89. The van der Waals surface area contributed by atoms with Gasteiger partial charge in [-0.2, -0.15) is 0 Å². The maximum absolute atomic E-state index is 11.6. The molecule has 1 aromatic carbocycles. The lowest BCUT2D eigenvalue weighted by Gasteiger charge is -2.17. The van der Waals surface area contributed by atoms with E-state index < -0.39 is 0 Å². The Morgan fingerprint density at radius 1 is 1.33 bits per heavy atom. The summed E-state index contributed by atoms with van der Waals surface area (Å²) in [5, 5.41) is 0.624. The minimum Gasteiger partial charge on any atom is -0.500 e. The van der Waals surface area contributed by atoms with E-state index in [0.717, 1.165) is 19.6 Å². The lowest BCUT2D eigenvalue weighted by molar-refractivity contribution is -0.146. The van der Waals surface area contributed by atoms with Crippen molar-refractivity contribution in [2.45, 2.75) is 6.42 Å². The monoisotopic (exact) mass is 311 g/mol. The Labute approximate surface area is 129 Å². The SMILES string of the molecule is O=C(COc1ccc(Cl)cc1)OCCN1C=COCCC1. The van der Waals surface area contributed by atoms with Crippen LogP contribution in [0, 0.1) is 0 Å². The van der Waals surface area contributed by atoms with Crippen molar-refractivity contribution in [3.05, 3.63) is 41.8 Å². The van der Waals surface area contributed by atoms with Gasteiger partial charge in [-0.3, -0.25) is 0 Å². The number of hydrogen-bond donors (Lipinski definition) is 0. The molecule has 0 saturated carbocycles. The van der Waals surface area contributed by atoms with E-state index in [1.807, 2.05) is 6.20 Å². The van der Waals surface area contributed by atoms with E-state index >= 15 is 0 Å². The highest BCUT2D eigenvalue weighted by molar-refractivity contribution is 6.30. The first-order valence-electron chi connectivity index (χ1n) is 6.80. The number of carbonyl (C=O) groups excluding carboxylic acids is 1. The molecule has 0 spiro atoms. The van der Waals surface area contributed by atoms with Crippen LogP contribution in [0.25, 0.3) is 0 Å². The summed E-state index contributed by atoms with van der Waals surface area (Å²) in [4.78, 5) is 13.6. The van der Waals surface area contributed by atoms with Gasteiger partial charge in [0, 0.05) is 17.8 Å². The van der Waals surface area contributed by atoms with E-state index in [0.29, 0.717) is 23.9 Å². The molecule has 0 bridgehead atoms. The van der Waals surface area contributed by atoms with Crippen molar-refractivity contribution < 1.29 is 19.0 Å². The minimum absolute atomic E-state index is 0.111. The summed E-state index contributed by atoms with van der Waals surface area (Å²) in [5.41, 5.74) is 0. The first kappa shape index (κ1) is 15.5. The second-order valence-electron chi connectivity index (χ2n) is 4.51. The van der Waals surface area contributed by atoms with Crippen LogP contribution >= 0.6 is 11.6 Å². The maximum Gasteiger partial charge on any atom is 0.344 e. The summed E-state index contributed by atoms with van der Waals surface area (Å²) in [6.07, 6.45) is 4.49. The van der Waals surface area contributed by atoms with Gasteiger partial charge in [0.25, 0.3) is 0 Å². The van der Waals surface area contributed by atoms with Crippen molar-refractivity contribution in [2.24, 2.45) is 0 Å². The summed E-state index contributed by atoms with van der Waals surface area (Å²) in [7, 11) is 0. The molecule has 0 saturated heterocycles. The number of ether oxygens (including phenoxy) is 3. The van der Waals surface area contributed by atoms with E-state index in [4.69, 9.17) is 25.8 Å². The number of nitrogens with zero attached hydrogens (tertiary/aromatic N) is 1. The van der Waals surface area contributed by atoms with Crippen LogP contribution in [-0.4, -0.2) is 43.8 Å². The van der Waals surface area contributed by atoms with Gasteiger partial charge in [-0.25, -0.2) is 4.79 Å². The second-order valence-corrected chi connectivity index (χ2v) is 4.94. The second kappa shape index (κ2) is 8.42. The van der Waals surface area contributed by atoms with Crippen LogP contribution in [0.4, 0.5) is 0 Å². The van der Waals surface area contributed by atoms with Gasteiger partial charge in [0.15, 0.2) is 6.61 Å². The van der Waals surface area contributed by atoms with Gasteiger partial charge in [0.2, 0.25) is 0 Å². The van der Waals surface area contributed by atoms with Crippen molar-refractivity contribution in [1.29, 1.82) is 0 Å².